The molecule has 4 atom stereocenters. The van der Waals surface area contributed by atoms with Crippen LogP contribution < -0.4 is 10.2 Å². The molecular formula is C14H13ClO6S-2. The van der Waals surface area contributed by atoms with Gasteiger partial charge in [0.05, 0.1) is 15.5 Å². The minimum Gasteiger partial charge on any atom is -0.550 e. The van der Waals surface area contributed by atoms with E-state index in [1.54, 1.807) is 18.2 Å². The molecule has 1 aliphatic rings. The predicted molar refractivity (Wildman–Crippen MR) is 73.3 cm³/mol. The molecule has 1 aromatic carbocycles. The number of rotatable bonds is 4. The maximum atomic E-state index is 12.6. The lowest BCUT2D eigenvalue weighted by Crippen LogP contribution is -2.52. The summed E-state index contributed by atoms with van der Waals surface area (Å²) in [6.07, 6.45) is -0.703. The second-order valence-electron chi connectivity index (χ2n) is 5.23. The van der Waals surface area contributed by atoms with Crippen molar-refractivity contribution in [2.24, 2.45) is 11.8 Å². The molecule has 120 valence electrons. The standard InChI is InChI=1S/C14H15ClO6S/c15-11-6-9(13(16)17)10(14(18)19)7-12(11)22(20,21)8-4-2-1-3-5-8/h1-5,9-12H,6-7H2,(H,16,17)(H,18,19)/p-2/t9-,10-,11+,12-/m1/s1. The van der Waals surface area contributed by atoms with Gasteiger partial charge in [-0.25, -0.2) is 8.42 Å². The highest BCUT2D eigenvalue weighted by molar-refractivity contribution is 7.92. The first kappa shape index (κ1) is 16.8. The first-order valence-corrected chi connectivity index (χ1v) is 8.58. The summed E-state index contributed by atoms with van der Waals surface area (Å²) < 4.78 is 25.2. The van der Waals surface area contributed by atoms with Crippen molar-refractivity contribution in [2.45, 2.75) is 28.4 Å². The van der Waals surface area contributed by atoms with Crippen LogP contribution in [0.2, 0.25) is 0 Å². The molecule has 1 fully saturated rings. The van der Waals surface area contributed by atoms with Crippen molar-refractivity contribution < 1.29 is 28.2 Å². The van der Waals surface area contributed by atoms with Crippen LogP contribution in [0.4, 0.5) is 0 Å². The van der Waals surface area contributed by atoms with Crippen LogP contribution in [0.3, 0.4) is 0 Å². The van der Waals surface area contributed by atoms with Crippen molar-refractivity contribution in [1.29, 1.82) is 0 Å². The smallest absolute Gasteiger partial charge is 0.182 e. The molecule has 0 bridgehead atoms. The second-order valence-corrected chi connectivity index (χ2v) is 7.96. The van der Waals surface area contributed by atoms with Crippen LogP contribution in [0.25, 0.3) is 0 Å². The SMILES string of the molecule is O=C([O-])[C@@H]1C[C@@H](S(=O)(=O)c2ccccc2)[C@@H](Cl)C[C@H]1C(=O)[O-]. The number of hydrogen-bond acceptors (Lipinski definition) is 6. The summed E-state index contributed by atoms with van der Waals surface area (Å²) >= 11 is 6.04. The molecule has 0 saturated heterocycles. The Labute approximate surface area is 132 Å². The number of carbonyl (C=O) groups is 2. The molecule has 0 N–H and O–H groups in total. The molecule has 22 heavy (non-hydrogen) atoms. The second kappa shape index (κ2) is 6.26. The van der Waals surface area contributed by atoms with E-state index in [4.69, 9.17) is 11.6 Å². The summed E-state index contributed by atoms with van der Waals surface area (Å²) in [4.78, 5) is 22.2. The Morgan fingerprint density at radius 3 is 2.00 bits per heavy atom. The maximum absolute atomic E-state index is 12.6. The summed E-state index contributed by atoms with van der Waals surface area (Å²) in [5.74, 6) is -5.96. The number of carbonyl (C=O) groups excluding carboxylic acids is 2. The fraction of sp³-hybridized carbons (Fsp3) is 0.429. The molecule has 0 aliphatic heterocycles. The van der Waals surface area contributed by atoms with Crippen LogP contribution in [0.5, 0.6) is 0 Å². The van der Waals surface area contributed by atoms with Gasteiger partial charge in [0, 0.05) is 23.8 Å². The average Bonchev–Trinajstić information content (AvgIpc) is 2.47. The lowest BCUT2D eigenvalue weighted by molar-refractivity contribution is -0.328. The molecule has 0 spiro atoms. The topological polar surface area (TPSA) is 114 Å². The first-order valence-electron chi connectivity index (χ1n) is 6.60. The molecule has 2 rings (SSSR count). The third kappa shape index (κ3) is 3.10. The number of alkyl halides is 1. The highest BCUT2D eigenvalue weighted by Crippen LogP contribution is 2.38. The van der Waals surface area contributed by atoms with E-state index in [1.165, 1.54) is 12.1 Å². The minimum atomic E-state index is -3.86. The summed E-state index contributed by atoms with van der Waals surface area (Å²) in [6.45, 7) is 0. The zero-order valence-electron chi connectivity index (χ0n) is 11.3. The quantitative estimate of drug-likeness (QED) is 0.645. The summed E-state index contributed by atoms with van der Waals surface area (Å²) in [5.41, 5.74) is 0. The summed E-state index contributed by atoms with van der Waals surface area (Å²) in [5, 5.41) is 20.0. The third-order valence-corrected chi connectivity index (χ3v) is 6.81. The third-order valence-electron chi connectivity index (χ3n) is 3.93. The van der Waals surface area contributed by atoms with Crippen LogP contribution in [0, 0.1) is 11.8 Å². The summed E-state index contributed by atoms with van der Waals surface area (Å²) in [7, 11) is -3.86. The number of benzene rings is 1. The molecule has 0 amide bonds. The normalized spacial score (nSPS) is 29.0. The van der Waals surface area contributed by atoms with E-state index in [2.05, 4.69) is 0 Å². The van der Waals surface area contributed by atoms with Gasteiger partial charge in [-0.2, -0.15) is 0 Å². The van der Waals surface area contributed by atoms with Gasteiger partial charge in [0.15, 0.2) is 9.84 Å². The monoisotopic (exact) mass is 344 g/mol. The number of carboxylic acids is 2. The van der Waals surface area contributed by atoms with Gasteiger partial charge in [-0.1, -0.05) is 18.2 Å². The van der Waals surface area contributed by atoms with Crippen molar-refractivity contribution in [1.82, 2.24) is 0 Å². The molecule has 0 aromatic heterocycles. The van der Waals surface area contributed by atoms with Crippen molar-refractivity contribution in [3.63, 3.8) is 0 Å². The number of carboxylic acid groups (broad SMARTS) is 2. The Hall–Kier alpha value is -1.60. The Morgan fingerprint density at radius 1 is 1.00 bits per heavy atom. The van der Waals surface area contributed by atoms with Gasteiger partial charge < -0.3 is 19.8 Å². The predicted octanol–water partition coefficient (Wildman–Crippen LogP) is -1.04. The highest BCUT2D eigenvalue weighted by atomic mass is 35.5. The Balaban J connectivity index is 2.36. The molecule has 0 heterocycles. The van der Waals surface area contributed by atoms with E-state index >= 15 is 0 Å². The molecule has 0 radical (unpaired) electrons. The lowest BCUT2D eigenvalue weighted by atomic mass is 9.79. The van der Waals surface area contributed by atoms with Crippen LogP contribution in [-0.2, 0) is 19.4 Å². The van der Waals surface area contributed by atoms with Crippen LogP contribution in [-0.4, -0.2) is 31.0 Å². The van der Waals surface area contributed by atoms with Gasteiger partial charge in [0.25, 0.3) is 0 Å². The molecule has 8 heteroatoms. The fourth-order valence-corrected chi connectivity index (χ4v) is 5.30. The maximum Gasteiger partial charge on any atom is 0.182 e. The van der Waals surface area contributed by atoms with E-state index in [0.717, 1.165) is 0 Å². The Morgan fingerprint density at radius 2 is 1.50 bits per heavy atom. The number of aliphatic carboxylic acids is 2. The Bertz CT molecular complexity index is 672. The lowest BCUT2D eigenvalue weighted by Gasteiger charge is -2.39. The first-order chi connectivity index (χ1) is 10.2. The molecule has 1 saturated carbocycles. The van der Waals surface area contributed by atoms with Gasteiger partial charge in [-0.3, -0.25) is 0 Å². The van der Waals surface area contributed by atoms with Crippen LogP contribution in [0.15, 0.2) is 35.2 Å². The minimum absolute atomic E-state index is 0.0228. The molecular weight excluding hydrogens is 332 g/mol. The molecule has 1 aliphatic carbocycles. The average molecular weight is 345 g/mol. The van der Waals surface area contributed by atoms with Gasteiger partial charge in [-0.15, -0.1) is 11.6 Å². The van der Waals surface area contributed by atoms with Crippen molar-refractivity contribution in [3.8, 4) is 0 Å². The van der Waals surface area contributed by atoms with Gasteiger partial charge in [0.1, 0.15) is 0 Å². The van der Waals surface area contributed by atoms with E-state index in [0.29, 0.717) is 0 Å². The van der Waals surface area contributed by atoms with Crippen molar-refractivity contribution in [3.05, 3.63) is 30.3 Å². The summed E-state index contributed by atoms with van der Waals surface area (Å²) in [6, 6.07) is 7.50. The van der Waals surface area contributed by atoms with Crippen LogP contribution in [0.1, 0.15) is 12.8 Å². The highest BCUT2D eigenvalue weighted by Gasteiger charge is 2.44. The van der Waals surface area contributed by atoms with Gasteiger partial charge in [0.2, 0.25) is 0 Å². The zero-order chi connectivity index (χ0) is 16.5. The van der Waals surface area contributed by atoms with Crippen molar-refractivity contribution in [2.75, 3.05) is 0 Å². The van der Waals surface area contributed by atoms with Gasteiger partial charge >= 0.3 is 0 Å². The van der Waals surface area contributed by atoms with Gasteiger partial charge in [-0.05, 0) is 25.0 Å². The van der Waals surface area contributed by atoms with E-state index in [-0.39, 0.29) is 11.3 Å². The van der Waals surface area contributed by atoms with E-state index in [9.17, 15) is 28.2 Å². The Kier molecular flexibility index (Phi) is 4.77. The molecule has 1 aromatic rings. The van der Waals surface area contributed by atoms with Crippen LogP contribution >= 0.6 is 11.6 Å². The van der Waals surface area contributed by atoms with E-state index in [1.807, 2.05) is 0 Å². The molecule has 6 nitrogen and oxygen atoms in total. The molecule has 0 unspecified atom stereocenters. The number of hydrogen-bond donors (Lipinski definition) is 0. The number of halogens is 1. The largest absolute Gasteiger partial charge is 0.550 e. The van der Waals surface area contributed by atoms with E-state index < -0.39 is 50.7 Å². The zero-order valence-corrected chi connectivity index (χ0v) is 12.9. The number of sulfone groups is 1. The van der Waals surface area contributed by atoms with Crippen molar-refractivity contribution >= 4 is 33.4 Å². The fourth-order valence-electron chi connectivity index (χ4n) is 2.75.